The Morgan fingerprint density at radius 2 is 1.84 bits per heavy atom. The lowest BCUT2D eigenvalue weighted by molar-refractivity contribution is -0.122. The second-order valence-corrected chi connectivity index (χ2v) is 5.68. The highest BCUT2D eigenvalue weighted by Crippen LogP contribution is 2.37. The summed E-state index contributed by atoms with van der Waals surface area (Å²) in [5.41, 5.74) is 11.4. The van der Waals surface area contributed by atoms with Gasteiger partial charge in [-0.3, -0.25) is 15.2 Å². The fourth-order valence-electron chi connectivity index (χ4n) is 2.81. The molecule has 3 rings (SSSR count). The molecule has 6 heteroatoms. The first-order valence-electron chi connectivity index (χ1n) is 8.00. The molecule has 2 aromatic carbocycles. The summed E-state index contributed by atoms with van der Waals surface area (Å²) in [6, 6.07) is 15.2. The van der Waals surface area contributed by atoms with E-state index in [1.807, 2.05) is 60.5 Å². The van der Waals surface area contributed by atoms with Crippen molar-refractivity contribution in [3.05, 3.63) is 54.1 Å². The molecule has 1 aliphatic rings. The van der Waals surface area contributed by atoms with Crippen molar-refractivity contribution in [2.24, 2.45) is 5.92 Å². The smallest absolute Gasteiger partial charge is 0.243 e. The van der Waals surface area contributed by atoms with E-state index >= 15 is 0 Å². The van der Waals surface area contributed by atoms with Gasteiger partial charge in [-0.2, -0.15) is 0 Å². The average Bonchev–Trinajstić information content (AvgIpc) is 2.91. The van der Waals surface area contributed by atoms with E-state index in [4.69, 9.17) is 15.3 Å². The molecule has 132 valence electrons. The second-order valence-electron chi connectivity index (χ2n) is 5.68. The van der Waals surface area contributed by atoms with Gasteiger partial charge in [0.2, 0.25) is 5.91 Å². The number of amides is 1. The van der Waals surface area contributed by atoms with Crippen LogP contribution in [0.1, 0.15) is 25.5 Å². The highest BCUT2D eigenvalue weighted by atomic mass is 16.5. The number of nitrogens with one attached hydrogen (secondary N) is 1. The molecular formula is C19H23N3O3. The van der Waals surface area contributed by atoms with Gasteiger partial charge >= 0.3 is 0 Å². The number of hydrogen-bond acceptors (Lipinski definition) is 5. The van der Waals surface area contributed by atoms with E-state index in [-0.39, 0.29) is 17.9 Å². The zero-order valence-electron chi connectivity index (χ0n) is 14.6. The molecule has 25 heavy (non-hydrogen) atoms. The molecule has 2 aromatic rings. The number of carbonyl (C=O) groups is 2. The van der Waals surface area contributed by atoms with Crippen LogP contribution in [-0.2, 0) is 9.59 Å². The summed E-state index contributed by atoms with van der Waals surface area (Å²) in [7, 11) is 1.63. The quantitative estimate of drug-likeness (QED) is 0.662. The van der Waals surface area contributed by atoms with E-state index in [9.17, 15) is 4.79 Å². The molecule has 0 spiro atoms. The number of anilines is 2. The van der Waals surface area contributed by atoms with Gasteiger partial charge in [0.15, 0.2) is 0 Å². The minimum atomic E-state index is -0.163. The van der Waals surface area contributed by atoms with Crippen LogP contribution >= 0.6 is 0 Å². The van der Waals surface area contributed by atoms with Crippen LogP contribution in [0, 0.1) is 5.92 Å². The first kappa shape index (κ1) is 18.3. The summed E-state index contributed by atoms with van der Waals surface area (Å²) < 4.78 is 5.18. The van der Waals surface area contributed by atoms with Crippen LogP contribution in [-0.4, -0.2) is 19.3 Å². The molecule has 3 N–H and O–H groups in total. The first-order chi connectivity index (χ1) is 12.0. The number of rotatable bonds is 3. The number of nitrogens with zero attached hydrogens (tertiary/aromatic N) is 1. The van der Waals surface area contributed by atoms with E-state index in [0.717, 1.165) is 23.3 Å². The molecule has 0 bridgehead atoms. The third-order valence-electron chi connectivity index (χ3n) is 4.00. The molecule has 2 atom stereocenters. The number of methoxy groups -OCH3 is 1. The van der Waals surface area contributed by atoms with Gasteiger partial charge in [-0.25, -0.2) is 0 Å². The van der Waals surface area contributed by atoms with Gasteiger partial charge in [0, 0.05) is 5.69 Å². The number of carbonyl (C=O) groups excluding carboxylic acids is 2. The predicted molar refractivity (Wildman–Crippen MR) is 98.1 cm³/mol. The molecule has 2 unspecified atom stereocenters. The van der Waals surface area contributed by atoms with Crippen molar-refractivity contribution in [2.45, 2.75) is 19.9 Å². The van der Waals surface area contributed by atoms with Crippen LogP contribution in [0.2, 0.25) is 0 Å². The van der Waals surface area contributed by atoms with Crippen LogP contribution in [0.4, 0.5) is 11.4 Å². The molecule has 1 saturated heterocycles. The normalized spacial score (nSPS) is 18.8. The summed E-state index contributed by atoms with van der Waals surface area (Å²) in [5.74, 6) is 0.620. The molecule has 6 nitrogen and oxygen atoms in total. The van der Waals surface area contributed by atoms with Crippen LogP contribution < -0.4 is 20.9 Å². The maximum Gasteiger partial charge on any atom is 0.243 e. The molecule has 0 aromatic heterocycles. The molecule has 0 aliphatic carbocycles. The van der Waals surface area contributed by atoms with E-state index < -0.39 is 0 Å². The average molecular weight is 341 g/mol. The standard InChI is InChI=1S/C17H19N3O2.C2H4O/c1-11-16(12-4-3-5-13(18)10-12)20(19-17(11)21)14-6-8-15(22-2)9-7-14;1-2-3/h3-11,16H,18H2,1-2H3,(H,19,21);2H,1H3. The molecule has 1 aliphatic heterocycles. The predicted octanol–water partition coefficient (Wildman–Crippen LogP) is 2.71. The van der Waals surface area contributed by atoms with Gasteiger partial charge in [0.25, 0.3) is 0 Å². The second kappa shape index (κ2) is 8.19. The van der Waals surface area contributed by atoms with Gasteiger partial charge in [-0.05, 0) is 48.9 Å². The van der Waals surface area contributed by atoms with E-state index in [1.165, 1.54) is 6.92 Å². The minimum absolute atomic E-state index is 0.00300. The van der Waals surface area contributed by atoms with Gasteiger partial charge in [0.1, 0.15) is 12.0 Å². The number of hydrazine groups is 1. The van der Waals surface area contributed by atoms with Crippen LogP contribution in [0.3, 0.4) is 0 Å². The summed E-state index contributed by atoms with van der Waals surface area (Å²) >= 11 is 0. The highest BCUT2D eigenvalue weighted by molar-refractivity contribution is 5.85. The lowest BCUT2D eigenvalue weighted by Gasteiger charge is -2.27. The zero-order valence-corrected chi connectivity index (χ0v) is 14.6. The lowest BCUT2D eigenvalue weighted by Crippen LogP contribution is -2.34. The van der Waals surface area contributed by atoms with Crippen LogP contribution in [0.5, 0.6) is 5.75 Å². The molecular weight excluding hydrogens is 318 g/mol. The van der Waals surface area contributed by atoms with Gasteiger partial charge < -0.3 is 15.3 Å². The van der Waals surface area contributed by atoms with Crippen molar-refractivity contribution >= 4 is 23.6 Å². The van der Waals surface area contributed by atoms with Crippen molar-refractivity contribution in [1.82, 2.24) is 5.43 Å². The highest BCUT2D eigenvalue weighted by Gasteiger charge is 2.39. The third-order valence-corrected chi connectivity index (χ3v) is 4.00. The monoisotopic (exact) mass is 341 g/mol. The van der Waals surface area contributed by atoms with Crippen LogP contribution in [0.25, 0.3) is 0 Å². The molecule has 1 heterocycles. The fraction of sp³-hybridized carbons (Fsp3) is 0.263. The van der Waals surface area contributed by atoms with E-state index in [1.54, 1.807) is 7.11 Å². The largest absolute Gasteiger partial charge is 0.497 e. The molecule has 0 radical (unpaired) electrons. The van der Waals surface area contributed by atoms with Gasteiger partial charge in [-0.1, -0.05) is 19.1 Å². The maximum absolute atomic E-state index is 12.1. The number of ether oxygens (including phenoxy) is 1. The van der Waals surface area contributed by atoms with Crippen molar-refractivity contribution in [2.75, 3.05) is 17.9 Å². The Kier molecular flexibility index (Phi) is 6.00. The number of benzene rings is 2. The summed E-state index contributed by atoms with van der Waals surface area (Å²) in [5, 5.41) is 1.89. The van der Waals surface area contributed by atoms with Gasteiger partial charge in [-0.15, -0.1) is 0 Å². The molecule has 0 saturated carbocycles. The van der Waals surface area contributed by atoms with Gasteiger partial charge in [0.05, 0.1) is 24.8 Å². The van der Waals surface area contributed by atoms with Crippen LogP contribution in [0.15, 0.2) is 48.5 Å². The Balaban J connectivity index is 0.000000701. The topological polar surface area (TPSA) is 84.7 Å². The summed E-state index contributed by atoms with van der Waals surface area (Å²) in [6.07, 6.45) is 0.750. The third kappa shape index (κ3) is 4.09. The SMILES string of the molecule is CC=O.COc1ccc(N2NC(=O)C(C)C2c2cccc(N)c2)cc1. The van der Waals surface area contributed by atoms with Crippen molar-refractivity contribution < 1.29 is 14.3 Å². The fourth-order valence-corrected chi connectivity index (χ4v) is 2.81. The van der Waals surface area contributed by atoms with Crippen molar-refractivity contribution in [3.63, 3.8) is 0 Å². The lowest BCUT2D eigenvalue weighted by atomic mass is 9.94. The van der Waals surface area contributed by atoms with Crippen molar-refractivity contribution in [1.29, 1.82) is 0 Å². The maximum atomic E-state index is 12.1. The Hall–Kier alpha value is -3.02. The summed E-state index contributed by atoms with van der Waals surface area (Å²) in [6.45, 7) is 3.37. The number of hydrogen-bond donors (Lipinski definition) is 2. The summed E-state index contributed by atoms with van der Waals surface area (Å²) in [4.78, 5) is 20.9. The first-order valence-corrected chi connectivity index (χ1v) is 8.00. The van der Waals surface area contributed by atoms with E-state index in [0.29, 0.717) is 5.69 Å². The Morgan fingerprint density at radius 1 is 1.20 bits per heavy atom. The zero-order chi connectivity index (χ0) is 18.4. The Morgan fingerprint density at radius 3 is 2.40 bits per heavy atom. The molecule has 1 amide bonds. The molecule has 1 fully saturated rings. The minimum Gasteiger partial charge on any atom is -0.497 e. The number of aldehydes is 1. The Bertz CT molecular complexity index is 731. The number of nitrogens with two attached hydrogens (primary N) is 1. The van der Waals surface area contributed by atoms with E-state index in [2.05, 4.69) is 5.43 Å². The number of nitrogen functional groups attached to an aromatic ring is 1. The van der Waals surface area contributed by atoms with Crippen molar-refractivity contribution in [3.8, 4) is 5.75 Å². The Labute approximate surface area is 147 Å².